The number of furan rings is 1. The summed E-state index contributed by atoms with van der Waals surface area (Å²) >= 11 is 0. The van der Waals surface area contributed by atoms with E-state index in [0.29, 0.717) is 5.56 Å². The lowest BCUT2D eigenvalue weighted by Crippen LogP contribution is -2.61. The molecule has 2 aliphatic heterocycles. The van der Waals surface area contributed by atoms with E-state index in [-0.39, 0.29) is 74.4 Å². The zero-order valence-electron chi connectivity index (χ0n) is 52.9. The molecule has 0 fully saturated rings. The van der Waals surface area contributed by atoms with E-state index in [2.05, 4.69) is 217 Å². The molecule has 0 saturated heterocycles. The highest BCUT2D eigenvalue weighted by Gasteiger charge is 2.51. The molecule has 5 aliphatic rings. The van der Waals surface area contributed by atoms with Crippen LogP contribution in [-0.4, -0.2) is 6.71 Å². The second kappa shape index (κ2) is 16.2. The molecule has 3 aliphatic carbocycles. The van der Waals surface area contributed by atoms with Gasteiger partial charge in [0, 0.05) is 33.7 Å². The average Bonchev–Trinajstić information content (AvgIpc) is 2.78. The van der Waals surface area contributed by atoms with E-state index in [1.165, 1.54) is 44.4 Å². The molecular weight excluding hydrogens is 920 g/mol. The number of hydrogen-bond acceptors (Lipinski definition) is 3. The summed E-state index contributed by atoms with van der Waals surface area (Å²) in [6.07, 6.45) is 6.36. The van der Waals surface area contributed by atoms with Crippen LogP contribution in [0, 0.1) is 0 Å². The van der Waals surface area contributed by atoms with E-state index in [1.807, 2.05) is 0 Å². The van der Waals surface area contributed by atoms with Crippen molar-refractivity contribution >= 4 is 68.4 Å². The summed E-state index contributed by atoms with van der Waals surface area (Å²) < 4.78 is 54.2. The fourth-order valence-electron chi connectivity index (χ4n) is 14.4. The summed E-state index contributed by atoms with van der Waals surface area (Å²) in [6, 6.07) is 37.5. The Morgan fingerprint density at radius 2 is 0.961 bits per heavy atom. The van der Waals surface area contributed by atoms with Gasteiger partial charge in [-0.25, -0.2) is 0 Å². The van der Waals surface area contributed by atoms with Gasteiger partial charge < -0.3 is 14.2 Å². The van der Waals surface area contributed by atoms with Crippen LogP contribution in [0.4, 0.5) is 34.1 Å². The number of rotatable bonds is 4. The van der Waals surface area contributed by atoms with Crippen molar-refractivity contribution in [1.82, 2.24) is 0 Å². The van der Waals surface area contributed by atoms with Crippen molar-refractivity contribution < 1.29 is 11.3 Å². The van der Waals surface area contributed by atoms with Gasteiger partial charge in [0.2, 0.25) is 0 Å². The quantitative estimate of drug-likeness (QED) is 0.164. The zero-order valence-corrected chi connectivity index (χ0v) is 47.9. The monoisotopic (exact) mass is 1000 g/mol. The Morgan fingerprint density at radius 3 is 1.51 bits per heavy atom. The van der Waals surface area contributed by atoms with Crippen LogP contribution in [0.25, 0.3) is 33.2 Å². The van der Waals surface area contributed by atoms with Gasteiger partial charge in [-0.15, -0.1) is 0 Å². The standard InChI is InChI=1S/C72H79BN2O/c1-66(2,3)47-26-28-48(29-27-47)74-60-36-46(44-22-18-16-19-23-44)37-61-63(60)73(65-64(74)50-39-52-56(43-62(50)76-65)72(14,15)35-31-68(52,6)7)57-40-53-55(71(12,13)34-32-69(53,8)9)42-59(57)75(61)58-41-54-51(67(4,5)30-33-70(54,10)11)38-49(58)45-24-20-17-21-25-45/h16-29,36-43H,30-35H2,1-15H3/i16D,18D,19D,22D,23D. The van der Waals surface area contributed by atoms with Crippen LogP contribution < -0.4 is 26.4 Å². The molecule has 76 heavy (non-hydrogen) atoms. The maximum Gasteiger partial charge on any atom is 0.297 e. The molecule has 386 valence electrons. The molecule has 0 amide bonds. The number of nitrogens with zero attached hydrogens (tertiary/aromatic N) is 2. The van der Waals surface area contributed by atoms with E-state index in [9.17, 15) is 2.74 Å². The smallest absolute Gasteiger partial charge is 0.297 e. The van der Waals surface area contributed by atoms with Crippen molar-refractivity contribution in [3.63, 3.8) is 0 Å². The third-order valence-corrected chi connectivity index (χ3v) is 19.7. The third kappa shape index (κ3) is 7.34. The van der Waals surface area contributed by atoms with Crippen LogP contribution in [0.5, 0.6) is 0 Å². The van der Waals surface area contributed by atoms with E-state index in [1.54, 1.807) is 0 Å². The maximum absolute atomic E-state index is 9.68. The lowest BCUT2D eigenvalue weighted by molar-refractivity contribution is 0.332. The minimum atomic E-state index is -0.407. The SMILES string of the molecule is [2H]c1c([2H])c([2H])c(-c2cc3c4c(c2)N(c2ccc(C(C)(C)C)cc2)c2c(oc5cc6c(cc25)C(C)(C)CCC6(C)C)B4c2cc4c(cc2N3c2cc3c(cc2-c2ccccc2)C(C)(C)CCC3(C)C)C(C)(C)CCC4(C)C)c([2H])c1[2H]. The van der Waals surface area contributed by atoms with Crippen LogP contribution in [0.2, 0.25) is 0 Å². The van der Waals surface area contributed by atoms with Crippen molar-refractivity contribution in [1.29, 1.82) is 0 Å². The Labute approximate surface area is 462 Å². The Hall–Kier alpha value is -6.26. The first-order valence-corrected chi connectivity index (χ1v) is 28.3. The van der Waals surface area contributed by atoms with Crippen molar-refractivity contribution in [2.24, 2.45) is 0 Å². The molecule has 0 atom stereocenters. The zero-order chi connectivity index (χ0) is 57.8. The number of fused-ring (bicyclic) bond motifs is 9. The van der Waals surface area contributed by atoms with Gasteiger partial charge in [0.15, 0.2) is 0 Å². The van der Waals surface area contributed by atoms with Crippen molar-refractivity contribution in [3.05, 3.63) is 172 Å². The molecule has 3 nitrogen and oxygen atoms in total. The minimum Gasteiger partial charge on any atom is -0.468 e. The van der Waals surface area contributed by atoms with Crippen LogP contribution in [-0.2, 0) is 37.9 Å². The Kier molecular flexibility index (Phi) is 9.31. The van der Waals surface area contributed by atoms with Crippen molar-refractivity contribution in [2.75, 3.05) is 9.80 Å². The molecule has 7 aromatic carbocycles. The van der Waals surface area contributed by atoms with Crippen molar-refractivity contribution in [2.45, 2.75) is 180 Å². The highest BCUT2D eigenvalue weighted by molar-refractivity contribution is 7.00. The molecule has 1 aromatic heterocycles. The van der Waals surface area contributed by atoms with E-state index >= 15 is 0 Å². The summed E-state index contributed by atoms with van der Waals surface area (Å²) in [5.74, 6) is 0. The molecule has 8 aromatic rings. The topological polar surface area (TPSA) is 19.6 Å². The Morgan fingerprint density at radius 1 is 0.474 bits per heavy atom. The normalized spacial score (nSPS) is 20.7. The predicted molar refractivity (Wildman–Crippen MR) is 326 cm³/mol. The molecule has 0 saturated carbocycles. The van der Waals surface area contributed by atoms with Gasteiger partial charge in [-0.3, -0.25) is 0 Å². The Balaban J connectivity index is 1.25. The van der Waals surface area contributed by atoms with E-state index in [0.717, 1.165) is 106 Å². The second-order valence-electron chi connectivity index (χ2n) is 28.6. The van der Waals surface area contributed by atoms with Gasteiger partial charge in [-0.05, 0) is 198 Å². The fourth-order valence-corrected chi connectivity index (χ4v) is 14.4. The first-order valence-electron chi connectivity index (χ1n) is 30.8. The predicted octanol–water partition coefficient (Wildman–Crippen LogP) is 18.2. The molecule has 0 spiro atoms. The molecular formula is C72H79BN2O. The maximum atomic E-state index is 9.68. The molecule has 0 unspecified atom stereocenters. The number of benzene rings is 7. The second-order valence-corrected chi connectivity index (χ2v) is 28.6. The molecule has 3 heterocycles. The highest BCUT2D eigenvalue weighted by Crippen LogP contribution is 2.57. The lowest BCUT2D eigenvalue weighted by atomic mass is 9.35. The van der Waals surface area contributed by atoms with Gasteiger partial charge in [0.25, 0.3) is 6.71 Å². The molecule has 0 radical (unpaired) electrons. The van der Waals surface area contributed by atoms with Crippen molar-refractivity contribution in [3.8, 4) is 22.3 Å². The van der Waals surface area contributed by atoms with Gasteiger partial charge in [0.1, 0.15) is 5.58 Å². The van der Waals surface area contributed by atoms with Gasteiger partial charge in [-0.2, -0.15) is 0 Å². The van der Waals surface area contributed by atoms with Gasteiger partial charge in [0.05, 0.1) is 23.9 Å². The fraction of sp³-hybridized carbons (Fsp3) is 0.389. The molecule has 0 N–H and O–H groups in total. The summed E-state index contributed by atoms with van der Waals surface area (Å²) in [5, 5.41) is 1.05. The Bertz CT molecular complexity index is 3980. The summed E-state index contributed by atoms with van der Waals surface area (Å²) in [4.78, 5) is 4.93. The van der Waals surface area contributed by atoms with Gasteiger partial charge in [-0.1, -0.05) is 183 Å². The van der Waals surface area contributed by atoms with Crippen LogP contribution in [0.15, 0.2) is 138 Å². The molecule has 13 rings (SSSR count). The van der Waals surface area contributed by atoms with E-state index in [4.69, 9.17) is 8.53 Å². The number of anilines is 6. The third-order valence-electron chi connectivity index (χ3n) is 19.7. The van der Waals surface area contributed by atoms with Crippen LogP contribution >= 0.6 is 0 Å². The lowest BCUT2D eigenvalue weighted by Gasteiger charge is -2.47. The first-order chi connectivity index (χ1) is 37.8. The largest absolute Gasteiger partial charge is 0.468 e. The van der Waals surface area contributed by atoms with Crippen LogP contribution in [0.1, 0.15) is 188 Å². The first kappa shape index (κ1) is 43.8. The molecule has 4 heteroatoms. The molecule has 0 bridgehead atoms. The summed E-state index contributed by atoms with van der Waals surface area (Å²) in [7, 11) is 0. The summed E-state index contributed by atoms with van der Waals surface area (Å²) in [5.41, 5.74) is 21.4. The highest BCUT2D eigenvalue weighted by atomic mass is 16.3. The van der Waals surface area contributed by atoms with E-state index < -0.39 is 6.04 Å². The van der Waals surface area contributed by atoms with Crippen LogP contribution in [0.3, 0.4) is 0 Å². The average molecular weight is 1000 g/mol. The minimum absolute atomic E-state index is 0.0612. The van der Waals surface area contributed by atoms with Gasteiger partial charge >= 0.3 is 0 Å². The summed E-state index contributed by atoms with van der Waals surface area (Å²) in [6.45, 7) is 35.2. The number of hydrogen-bond donors (Lipinski definition) is 0.